The van der Waals surface area contributed by atoms with Crippen molar-refractivity contribution in [1.29, 1.82) is 0 Å². The first-order chi connectivity index (χ1) is 8.71. The van der Waals surface area contributed by atoms with E-state index in [-0.39, 0.29) is 5.54 Å². The van der Waals surface area contributed by atoms with Crippen LogP contribution in [0.2, 0.25) is 10.0 Å². The fourth-order valence-corrected chi connectivity index (χ4v) is 4.39. The molecule has 0 saturated heterocycles. The second kappa shape index (κ2) is 5.27. The van der Waals surface area contributed by atoms with Gasteiger partial charge in [0, 0.05) is 5.54 Å². The fraction of sp³-hybridized carbons (Fsp3) is 0.625. The molecule has 1 saturated carbocycles. The summed E-state index contributed by atoms with van der Waals surface area (Å²) in [6, 6.07) is 5.81. The molecular weight excluding hydrogens is 277 g/mol. The van der Waals surface area contributed by atoms with Crippen LogP contribution in [-0.2, 0) is 6.42 Å². The lowest BCUT2D eigenvalue weighted by Crippen LogP contribution is -2.50. The molecule has 1 aromatic rings. The van der Waals surface area contributed by atoms with Crippen molar-refractivity contribution in [3.05, 3.63) is 33.8 Å². The molecule has 2 rings (SSSR count). The van der Waals surface area contributed by atoms with E-state index in [1.54, 1.807) is 0 Å². The molecule has 0 aliphatic heterocycles. The van der Waals surface area contributed by atoms with E-state index in [1.807, 2.05) is 18.2 Å². The largest absolute Gasteiger partial charge is 0.325 e. The van der Waals surface area contributed by atoms with E-state index < -0.39 is 0 Å². The molecule has 0 aromatic heterocycles. The normalized spacial score (nSPS) is 30.3. The van der Waals surface area contributed by atoms with Gasteiger partial charge in [-0.3, -0.25) is 0 Å². The first-order valence-electron chi connectivity index (χ1n) is 6.93. The van der Waals surface area contributed by atoms with Gasteiger partial charge in [0.1, 0.15) is 0 Å². The van der Waals surface area contributed by atoms with Crippen molar-refractivity contribution in [1.82, 2.24) is 0 Å². The molecule has 3 heteroatoms. The summed E-state index contributed by atoms with van der Waals surface area (Å²) >= 11 is 12.4. The van der Waals surface area contributed by atoms with Crippen molar-refractivity contribution in [3.63, 3.8) is 0 Å². The van der Waals surface area contributed by atoms with Gasteiger partial charge in [0.25, 0.3) is 0 Å². The van der Waals surface area contributed by atoms with Gasteiger partial charge in [-0.05, 0) is 48.6 Å². The molecular formula is C16H23Cl2N. The molecule has 1 aliphatic carbocycles. The van der Waals surface area contributed by atoms with Crippen molar-refractivity contribution in [2.45, 2.75) is 52.0 Å². The van der Waals surface area contributed by atoms with Gasteiger partial charge in [-0.25, -0.2) is 0 Å². The van der Waals surface area contributed by atoms with Gasteiger partial charge in [0.05, 0.1) is 10.0 Å². The number of hydrogen-bond acceptors (Lipinski definition) is 1. The van der Waals surface area contributed by atoms with Crippen LogP contribution in [0.3, 0.4) is 0 Å². The molecule has 0 bridgehead atoms. The third-order valence-electron chi connectivity index (χ3n) is 4.06. The van der Waals surface area contributed by atoms with Crippen LogP contribution in [-0.4, -0.2) is 5.54 Å². The zero-order valence-corrected chi connectivity index (χ0v) is 13.5. The molecule has 0 heterocycles. The Hall–Kier alpha value is -0.240. The van der Waals surface area contributed by atoms with Crippen molar-refractivity contribution in [2.75, 3.05) is 0 Å². The Labute approximate surface area is 126 Å². The molecule has 0 amide bonds. The smallest absolute Gasteiger partial charge is 0.0624 e. The SMILES string of the molecule is CC1CC(C)(C)CC(N)(Cc2cccc(Cl)c2Cl)C1. The summed E-state index contributed by atoms with van der Waals surface area (Å²) in [7, 11) is 0. The highest BCUT2D eigenvalue weighted by molar-refractivity contribution is 6.42. The Morgan fingerprint density at radius 3 is 2.58 bits per heavy atom. The van der Waals surface area contributed by atoms with Crippen LogP contribution in [0.5, 0.6) is 0 Å². The highest BCUT2D eigenvalue weighted by Crippen LogP contribution is 2.44. The van der Waals surface area contributed by atoms with Gasteiger partial charge < -0.3 is 5.73 Å². The molecule has 2 atom stereocenters. The van der Waals surface area contributed by atoms with Gasteiger partial charge in [-0.15, -0.1) is 0 Å². The van der Waals surface area contributed by atoms with Crippen molar-refractivity contribution >= 4 is 23.2 Å². The monoisotopic (exact) mass is 299 g/mol. The van der Waals surface area contributed by atoms with Crippen molar-refractivity contribution in [3.8, 4) is 0 Å². The van der Waals surface area contributed by atoms with Crippen LogP contribution >= 0.6 is 23.2 Å². The van der Waals surface area contributed by atoms with E-state index in [9.17, 15) is 0 Å². The maximum Gasteiger partial charge on any atom is 0.0624 e. The Kier molecular flexibility index (Phi) is 4.21. The van der Waals surface area contributed by atoms with Gasteiger partial charge in [0.15, 0.2) is 0 Å². The number of rotatable bonds is 2. The van der Waals surface area contributed by atoms with E-state index in [4.69, 9.17) is 28.9 Å². The van der Waals surface area contributed by atoms with E-state index in [0.717, 1.165) is 24.8 Å². The predicted octanol–water partition coefficient (Wildman–Crippen LogP) is 5.08. The van der Waals surface area contributed by atoms with Gasteiger partial charge in [0.2, 0.25) is 0 Å². The summed E-state index contributed by atoms with van der Waals surface area (Å²) in [4.78, 5) is 0. The molecule has 0 radical (unpaired) electrons. The van der Waals surface area contributed by atoms with Crippen LogP contribution in [0.25, 0.3) is 0 Å². The van der Waals surface area contributed by atoms with Crippen LogP contribution in [0.15, 0.2) is 18.2 Å². The number of hydrogen-bond donors (Lipinski definition) is 1. The van der Waals surface area contributed by atoms with E-state index >= 15 is 0 Å². The van der Waals surface area contributed by atoms with Crippen LogP contribution in [0.4, 0.5) is 0 Å². The maximum absolute atomic E-state index is 6.67. The number of benzene rings is 1. The summed E-state index contributed by atoms with van der Waals surface area (Å²) in [5.74, 6) is 0.659. The van der Waals surface area contributed by atoms with Crippen LogP contribution in [0.1, 0.15) is 45.6 Å². The number of halogens is 2. The third kappa shape index (κ3) is 3.65. The molecule has 0 spiro atoms. The molecule has 1 aliphatic rings. The van der Waals surface area contributed by atoms with Gasteiger partial charge >= 0.3 is 0 Å². The summed E-state index contributed by atoms with van der Waals surface area (Å²) < 4.78 is 0. The average molecular weight is 300 g/mol. The summed E-state index contributed by atoms with van der Waals surface area (Å²) in [6.45, 7) is 6.91. The Morgan fingerprint density at radius 1 is 1.26 bits per heavy atom. The quantitative estimate of drug-likeness (QED) is 0.810. The summed E-state index contributed by atoms with van der Waals surface area (Å²) in [5, 5.41) is 1.27. The van der Waals surface area contributed by atoms with E-state index in [0.29, 0.717) is 21.4 Å². The first kappa shape index (κ1) is 15.2. The van der Waals surface area contributed by atoms with Crippen LogP contribution < -0.4 is 5.73 Å². The molecule has 1 nitrogen and oxygen atoms in total. The third-order valence-corrected chi connectivity index (χ3v) is 4.92. The zero-order valence-electron chi connectivity index (χ0n) is 12.0. The Morgan fingerprint density at radius 2 is 1.95 bits per heavy atom. The minimum Gasteiger partial charge on any atom is -0.325 e. The Balaban J connectivity index is 2.23. The molecule has 1 fully saturated rings. The molecule has 19 heavy (non-hydrogen) atoms. The van der Waals surface area contributed by atoms with E-state index in [2.05, 4.69) is 20.8 Å². The second-order valence-electron chi connectivity index (χ2n) is 7.11. The van der Waals surface area contributed by atoms with Crippen molar-refractivity contribution < 1.29 is 0 Å². The van der Waals surface area contributed by atoms with E-state index in [1.165, 1.54) is 6.42 Å². The molecule has 2 N–H and O–H groups in total. The standard InChI is InChI=1S/C16H23Cl2N/c1-11-7-15(2,3)10-16(19,8-11)9-12-5-4-6-13(17)14(12)18/h4-6,11H,7-10,19H2,1-3H3. The minimum absolute atomic E-state index is 0.171. The topological polar surface area (TPSA) is 26.0 Å². The molecule has 106 valence electrons. The highest BCUT2D eigenvalue weighted by atomic mass is 35.5. The lowest BCUT2D eigenvalue weighted by molar-refractivity contribution is 0.108. The predicted molar refractivity (Wildman–Crippen MR) is 83.9 cm³/mol. The second-order valence-corrected chi connectivity index (χ2v) is 7.89. The molecule has 1 aromatic carbocycles. The van der Waals surface area contributed by atoms with Crippen molar-refractivity contribution in [2.24, 2.45) is 17.1 Å². The van der Waals surface area contributed by atoms with Gasteiger partial charge in [-0.1, -0.05) is 56.1 Å². The highest BCUT2D eigenvalue weighted by Gasteiger charge is 2.40. The van der Waals surface area contributed by atoms with Gasteiger partial charge in [-0.2, -0.15) is 0 Å². The lowest BCUT2D eigenvalue weighted by Gasteiger charge is -2.46. The molecule has 2 unspecified atom stereocenters. The minimum atomic E-state index is -0.171. The number of nitrogens with two attached hydrogens (primary N) is 1. The maximum atomic E-state index is 6.67. The zero-order chi connectivity index (χ0) is 14.3. The van der Waals surface area contributed by atoms with Crippen LogP contribution in [0, 0.1) is 11.3 Å². The first-order valence-corrected chi connectivity index (χ1v) is 7.68. The average Bonchev–Trinajstić information content (AvgIpc) is 2.20. The fourth-order valence-electron chi connectivity index (χ4n) is 4.01. The lowest BCUT2D eigenvalue weighted by atomic mass is 9.63. The Bertz CT molecular complexity index is 470. The summed E-state index contributed by atoms with van der Waals surface area (Å²) in [5.41, 5.74) is 7.88. The summed E-state index contributed by atoms with van der Waals surface area (Å²) in [6.07, 6.45) is 4.14.